The molecule has 10 heteroatoms. The number of hydrogen-bond donors (Lipinski definition) is 3. The quantitative estimate of drug-likeness (QED) is 0.0503. The zero-order chi connectivity index (χ0) is 33.9. The number of carbonyl (C=O) groups is 3. The summed E-state index contributed by atoms with van der Waals surface area (Å²) in [7, 11) is 4.11. The van der Waals surface area contributed by atoms with Crippen LogP contribution < -0.4 is 4.74 Å². The minimum absolute atomic E-state index is 0.0148. The van der Waals surface area contributed by atoms with Crippen LogP contribution in [0.15, 0.2) is 67.8 Å². The molecule has 1 aromatic carbocycles. The lowest BCUT2D eigenvalue weighted by Crippen LogP contribution is -2.19. The molecule has 0 amide bonds. The number of carboxylic acid groups (broad SMARTS) is 2. The maximum absolute atomic E-state index is 14.4. The van der Waals surface area contributed by atoms with E-state index in [0.29, 0.717) is 18.6 Å². The van der Waals surface area contributed by atoms with E-state index in [0.717, 1.165) is 45.4 Å². The Hall–Kier alpha value is -3.60. The third-order valence-electron chi connectivity index (χ3n) is 6.67. The number of carbonyl (C=O) groups excluding carboxylic acids is 1. The second-order valence-electron chi connectivity index (χ2n) is 10.9. The lowest BCUT2D eigenvalue weighted by atomic mass is 10.0. The van der Waals surface area contributed by atoms with Gasteiger partial charge in [-0.05, 0) is 51.7 Å². The highest BCUT2D eigenvalue weighted by Gasteiger charge is 2.15. The first-order valence-corrected chi connectivity index (χ1v) is 15.5. The van der Waals surface area contributed by atoms with Gasteiger partial charge in [0.2, 0.25) is 0 Å². The first-order valence-electron chi connectivity index (χ1n) is 15.5. The van der Waals surface area contributed by atoms with Crippen LogP contribution in [0.4, 0.5) is 4.39 Å². The lowest BCUT2D eigenvalue weighted by molar-refractivity contribution is -0.134. The molecular weight excluding hydrogens is 579 g/mol. The minimum Gasteiger partial charge on any atom is -0.486 e. The van der Waals surface area contributed by atoms with Crippen molar-refractivity contribution < 1.29 is 38.8 Å². The average Bonchev–Trinajstić information content (AvgIpc) is 2.98. The third-order valence-corrected chi connectivity index (χ3v) is 6.67. The lowest BCUT2D eigenvalue weighted by Gasteiger charge is -2.13. The molecule has 0 aliphatic rings. The summed E-state index contributed by atoms with van der Waals surface area (Å²) >= 11 is 0. The highest BCUT2D eigenvalue weighted by atomic mass is 19.1. The summed E-state index contributed by atoms with van der Waals surface area (Å²) in [6, 6.07) is 4.24. The van der Waals surface area contributed by atoms with Crippen LogP contribution in [0, 0.1) is 5.82 Å². The molecule has 0 radical (unpaired) electrons. The molecule has 0 spiro atoms. The van der Waals surface area contributed by atoms with E-state index in [9.17, 15) is 23.9 Å². The number of benzene rings is 1. The smallest absolute Gasteiger partial charge is 0.328 e. The van der Waals surface area contributed by atoms with Gasteiger partial charge in [0.05, 0.1) is 6.10 Å². The maximum atomic E-state index is 14.4. The molecule has 0 fully saturated rings. The summed E-state index contributed by atoms with van der Waals surface area (Å²) in [6.45, 7) is 11.3. The number of aliphatic hydroxyl groups is 1. The van der Waals surface area contributed by atoms with Crippen molar-refractivity contribution in [2.45, 2.75) is 70.3 Å². The van der Waals surface area contributed by atoms with E-state index in [4.69, 9.17) is 14.9 Å². The average molecular weight is 633 g/mol. The number of aliphatic carboxylic acids is 2. The van der Waals surface area contributed by atoms with Crippen molar-refractivity contribution in [3.8, 4) is 5.75 Å². The van der Waals surface area contributed by atoms with Crippen molar-refractivity contribution in [2.75, 3.05) is 46.9 Å². The predicted octanol–water partition coefficient (Wildman–Crippen LogP) is 6.15. The number of hydrogen-bond acceptors (Lipinski definition) is 7. The van der Waals surface area contributed by atoms with Crippen LogP contribution in [0.25, 0.3) is 0 Å². The summed E-state index contributed by atoms with van der Waals surface area (Å²) in [4.78, 5) is 35.9. The fourth-order valence-corrected chi connectivity index (χ4v) is 4.26. The topological polar surface area (TPSA) is 128 Å². The first-order chi connectivity index (χ1) is 21.5. The zero-order valence-corrected chi connectivity index (χ0v) is 27.0. The van der Waals surface area contributed by atoms with Crippen LogP contribution in [0.5, 0.6) is 5.75 Å². The second-order valence-corrected chi connectivity index (χ2v) is 10.9. The molecule has 0 aliphatic carbocycles. The molecule has 9 nitrogen and oxygen atoms in total. The van der Waals surface area contributed by atoms with E-state index >= 15 is 0 Å². The van der Waals surface area contributed by atoms with Gasteiger partial charge in [-0.2, -0.15) is 0 Å². The molecule has 0 aromatic heterocycles. The Morgan fingerprint density at radius 3 is 1.96 bits per heavy atom. The molecule has 1 rings (SSSR count). The Bertz CT molecular complexity index is 1060. The summed E-state index contributed by atoms with van der Waals surface area (Å²) < 4.78 is 19.8. The van der Waals surface area contributed by atoms with Gasteiger partial charge in [-0.1, -0.05) is 69.2 Å². The number of likely N-dealkylation sites (N-methyl/N-ethyl adjacent to an activating group) is 2. The molecular formula is C35H53FN2O7. The van der Waals surface area contributed by atoms with Gasteiger partial charge < -0.3 is 25.0 Å². The number of halogens is 1. The molecule has 1 unspecified atom stereocenters. The molecule has 252 valence electrons. The van der Waals surface area contributed by atoms with Crippen molar-refractivity contribution in [2.24, 2.45) is 0 Å². The molecule has 45 heavy (non-hydrogen) atoms. The van der Waals surface area contributed by atoms with Crippen LogP contribution in [0.3, 0.4) is 0 Å². The normalized spacial score (nSPS) is 11.9. The maximum Gasteiger partial charge on any atom is 0.328 e. The van der Waals surface area contributed by atoms with Crippen molar-refractivity contribution in [1.82, 2.24) is 9.80 Å². The Morgan fingerprint density at radius 1 is 0.844 bits per heavy atom. The largest absolute Gasteiger partial charge is 0.486 e. The molecule has 1 atom stereocenters. The number of carboxylic acids is 2. The monoisotopic (exact) mass is 632 g/mol. The van der Waals surface area contributed by atoms with E-state index in [1.165, 1.54) is 44.2 Å². The number of ketones is 1. The van der Waals surface area contributed by atoms with Crippen LogP contribution >= 0.6 is 0 Å². The van der Waals surface area contributed by atoms with Gasteiger partial charge in [0, 0.05) is 43.8 Å². The fraction of sp³-hybridized carbons (Fsp3) is 0.514. The van der Waals surface area contributed by atoms with E-state index in [2.05, 4.69) is 30.0 Å². The molecule has 0 aliphatic heterocycles. The standard InChI is InChI=1S/C31H49FN2O3.C4H4O4/c1-5-20-33(3)22-14-12-10-8-7-9-11-13-17-28(35)26-30(36)27-18-19-31(29(32)25-27)37-24-16-15-23-34(4)21-6-2;5-3(6)1-2-4(7)8/h5-6,15-16,18-19,25,28,35H,1-2,7-14,17,20-24,26H2,3-4H3;1-2H,(H,5,6)(H,7,8). The Balaban J connectivity index is 0.00000212. The molecule has 0 bridgehead atoms. The van der Waals surface area contributed by atoms with Gasteiger partial charge in [-0.15, -0.1) is 13.2 Å². The van der Waals surface area contributed by atoms with E-state index in [-0.39, 0.29) is 30.1 Å². The van der Waals surface area contributed by atoms with Crippen molar-refractivity contribution >= 4 is 17.7 Å². The fourth-order valence-electron chi connectivity index (χ4n) is 4.26. The minimum atomic E-state index is -1.26. The second kappa shape index (κ2) is 26.8. The Kier molecular flexibility index (Phi) is 24.6. The highest BCUT2D eigenvalue weighted by molar-refractivity contribution is 5.96. The van der Waals surface area contributed by atoms with Gasteiger partial charge in [-0.25, -0.2) is 14.0 Å². The first kappa shape index (κ1) is 41.4. The highest BCUT2D eigenvalue weighted by Crippen LogP contribution is 2.20. The van der Waals surface area contributed by atoms with Gasteiger partial charge >= 0.3 is 11.9 Å². The van der Waals surface area contributed by atoms with Gasteiger partial charge in [0.1, 0.15) is 6.61 Å². The van der Waals surface area contributed by atoms with Gasteiger partial charge in [0.15, 0.2) is 17.3 Å². The number of unbranched alkanes of at least 4 members (excludes halogenated alkanes) is 7. The summed E-state index contributed by atoms with van der Waals surface area (Å²) in [5, 5.41) is 25.9. The van der Waals surface area contributed by atoms with E-state index in [1.807, 2.05) is 31.4 Å². The molecule has 0 heterocycles. The van der Waals surface area contributed by atoms with Crippen molar-refractivity contribution in [3.05, 3.63) is 79.2 Å². The molecule has 0 saturated carbocycles. The number of Topliss-reactive ketones (excluding diaryl/α,β-unsaturated/α-hetero) is 1. The SMILES string of the molecule is C=CCN(C)CC=CCOc1ccc(C(=O)CC(O)CCCCCCCCCCN(C)CC=C)cc1F.O=C(O)C=CC(=O)O. The Morgan fingerprint density at radius 2 is 1.40 bits per heavy atom. The van der Waals surface area contributed by atoms with Crippen LogP contribution in [0.1, 0.15) is 74.6 Å². The van der Waals surface area contributed by atoms with Crippen LogP contribution in [0.2, 0.25) is 0 Å². The predicted molar refractivity (Wildman–Crippen MR) is 177 cm³/mol. The number of aliphatic hydroxyl groups excluding tert-OH is 1. The number of rotatable bonds is 25. The zero-order valence-electron chi connectivity index (χ0n) is 27.0. The summed E-state index contributed by atoms with van der Waals surface area (Å²) in [5.74, 6) is -3.22. The summed E-state index contributed by atoms with van der Waals surface area (Å²) in [5.41, 5.74) is 0.265. The van der Waals surface area contributed by atoms with Crippen LogP contribution in [-0.2, 0) is 9.59 Å². The van der Waals surface area contributed by atoms with Crippen molar-refractivity contribution in [3.63, 3.8) is 0 Å². The third kappa shape index (κ3) is 24.4. The molecule has 0 saturated heterocycles. The summed E-state index contributed by atoms with van der Waals surface area (Å²) in [6.07, 6.45) is 17.9. The van der Waals surface area contributed by atoms with Gasteiger partial charge in [-0.3, -0.25) is 9.69 Å². The molecule has 3 N–H and O–H groups in total. The van der Waals surface area contributed by atoms with E-state index in [1.54, 1.807) is 6.07 Å². The van der Waals surface area contributed by atoms with E-state index < -0.39 is 23.9 Å². The van der Waals surface area contributed by atoms with Gasteiger partial charge in [0.25, 0.3) is 0 Å². The molecule has 1 aromatic rings. The van der Waals surface area contributed by atoms with Crippen LogP contribution in [-0.4, -0.2) is 95.8 Å². The Labute approximate surface area is 268 Å². The number of ether oxygens (including phenoxy) is 1. The number of nitrogens with zero attached hydrogens (tertiary/aromatic N) is 2. The van der Waals surface area contributed by atoms with Crippen molar-refractivity contribution in [1.29, 1.82) is 0 Å².